The molecule has 156 valence electrons. The van der Waals surface area contributed by atoms with Gasteiger partial charge in [0.1, 0.15) is 0 Å². The number of halogens is 2. The number of carbonyl (C=O) groups excluding carboxylic acids is 3. The Labute approximate surface area is 184 Å². The molecule has 2 fully saturated rings. The third-order valence-corrected chi connectivity index (χ3v) is 6.16. The molecule has 0 radical (unpaired) electrons. The first-order valence-corrected chi connectivity index (χ1v) is 10.6. The Kier molecular flexibility index (Phi) is 5.97. The van der Waals surface area contributed by atoms with Crippen LogP contribution in [0.2, 0.25) is 10.0 Å². The third kappa shape index (κ3) is 4.16. The predicted octanol–water partition coefficient (Wildman–Crippen LogP) is 3.33. The summed E-state index contributed by atoms with van der Waals surface area (Å²) in [5.74, 6) is -0.610. The lowest BCUT2D eigenvalue weighted by molar-refractivity contribution is -0.137. The highest BCUT2D eigenvalue weighted by atomic mass is 35.5. The summed E-state index contributed by atoms with van der Waals surface area (Å²) < 4.78 is 0. The molecule has 2 aliphatic rings. The van der Waals surface area contributed by atoms with E-state index in [2.05, 4.69) is 0 Å². The van der Waals surface area contributed by atoms with Crippen molar-refractivity contribution in [2.45, 2.75) is 6.42 Å². The molecule has 6 nitrogen and oxygen atoms in total. The van der Waals surface area contributed by atoms with E-state index >= 15 is 0 Å². The van der Waals surface area contributed by atoms with Crippen LogP contribution in [0.4, 0.5) is 5.69 Å². The highest BCUT2D eigenvalue weighted by Crippen LogP contribution is 2.31. The van der Waals surface area contributed by atoms with E-state index in [4.69, 9.17) is 23.2 Å². The Morgan fingerprint density at radius 3 is 2.17 bits per heavy atom. The Morgan fingerprint density at radius 1 is 0.867 bits per heavy atom. The third-order valence-electron chi connectivity index (χ3n) is 5.59. The second-order valence-corrected chi connectivity index (χ2v) is 8.32. The minimum Gasteiger partial charge on any atom is -0.339 e. The monoisotopic (exact) mass is 445 g/mol. The molecule has 30 heavy (non-hydrogen) atoms. The Balaban J connectivity index is 1.35. The van der Waals surface area contributed by atoms with E-state index in [0.29, 0.717) is 54.0 Å². The van der Waals surface area contributed by atoms with Gasteiger partial charge in [-0.3, -0.25) is 14.4 Å². The Bertz CT molecular complexity index is 972. The SMILES string of the molecule is O=C(c1ccc(Cl)cc1)N1CCN(C(=O)C2CC(=O)N(c3ccccc3Cl)C2)CC1. The number of hydrogen-bond acceptors (Lipinski definition) is 3. The summed E-state index contributed by atoms with van der Waals surface area (Å²) in [7, 11) is 0. The van der Waals surface area contributed by atoms with Gasteiger partial charge in [-0.2, -0.15) is 0 Å². The van der Waals surface area contributed by atoms with Crippen LogP contribution in [0.15, 0.2) is 48.5 Å². The maximum Gasteiger partial charge on any atom is 0.253 e. The predicted molar refractivity (Wildman–Crippen MR) is 116 cm³/mol. The van der Waals surface area contributed by atoms with Crippen LogP contribution in [0.25, 0.3) is 0 Å². The maximum atomic E-state index is 13.0. The van der Waals surface area contributed by atoms with Crippen molar-refractivity contribution in [1.29, 1.82) is 0 Å². The van der Waals surface area contributed by atoms with Crippen molar-refractivity contribution >= 4 is 46.6 Å². The number of amides is 3. The van der Waals surface area contributed by atoms with Gasteiger partial charge in [0.15, 0.2) is 0 Å². The zero-order valence-corrected chi connectivity index (χ0v) is 17.8. The van der Waals surface area contributed by atoms with Crippen molar-refractivity contribution in [3.8, 4) is 0 Å². The van der Waals surface area contributed by atoms with Crippen molar-refractivity contribution in [3.05, 3.63) is 64.1 Å². The largest absolute Gasteiger partial charge is 0.339 e. The summed E-state index contributed by atoms with van der Waals surface area (Å²) in [6.07, 6.45) is 0.175. The van der Waals surface area contributed by atoms with Gasteiger partial charge in [0.05, 0.1) is 16.6 Å². The molecule has 1 unspecified atom stereocenters. The highest BCUT2D eigenvalue weighted by Gasteiger charge is 2.38. The van der Waals surface area contributed by atoms with Crippen LogP contribution in [-0.2, 0) is 9.59 Å². The lowest BCUT2D eigenvalue weighted by Gasteiger charge is -2.36. The van der Waals surface area contributed by atoms with Gasteiger partial charge < -0.3 is 14.7 Å². The van der Waals surface area contributed by atoms with Gasteiger partial charge in [-0.25, -0.2) is 0 Å². The van der Waals surface area contributed by atoms with Crippen molar-refractivity contribution in [3.63, 3.8) is 0 Å². The topological polar surface area (TPSA) is 60.9 Å². The molecule has 2 aromatic carbocycles. The van der Waals surface area contributed by atoms with Gasteiger partial charge in [-0.05, 0) is 36.4 Å². The fraction of sp³-hybridized carbons (Fsp3) is 0.318. The average Bonchev–Trinajstić information content (AvgIpc) is 3.15. The second kappa shape index (κ2) is 8.66. The van der Waals surface area contributed by atoms with Gasteiger partial charge in [0.25, 0.3) is 5.91 Å². The molecule has 8 heteroatoms. The molecule has 0 bridgehead atoms. The molecule has 0 aromatic heterocycles. The van der Waals surface area contributed by atoms with Gasteiger partial charge >= 0.3 is 0 Å². The van der Waals surface area contributed by atoms with Crippen LogP contribution >= 0.6 is 23.2 Å². The zero-order chi connectivity index (χ0) is 21.3. The smallest absolute Gasteiger partial charge is 0.253 e. The second-order valence-electron chi connectivity index (χ2n) is 7.48. The first-order valence-electron chi connectivity index (χ1n) is 9.82. The summed E-state index contributed by atoms with van der Waals surface area (Å²) in [4.78, 5) is 43.2. The summed E-state index contributed by atoms with van der Waals surface area (Å²) in [6.45, 7) is 2.15. The molecular formula is C22H21Cl2N3O3. The molecule has 0 N–H and O–H groups in total. The molecule has 0 spiro atoms. The number of para-hydroxylation sites is 1. The fourth-order valence-corrected chi connectivity index (χ4v) is 4.30. The van der Waals surface area contributed by atoms with Crippen molar-refractivity contribution in [2.24, 2.45) is 5.92 Å². The summed E-state index contributed by atoms with van der Waals surface area (Å²) in [5.41, 5.74) is 1.22. The van der Waals surface area contributed by atoms with Crippen LogP contribution in [0.1, 0.15) is 16.8 Å². The molecule has 2 saturated heterocycles. The van der Waals surface area contributed by atoms with Crippen LogP contribution in [0.3, 0.4) is 0 Å². The van der Waals surface area contributed by atoms with E-state index in [-0.39, 0.29) is 24.1 Å². The highest BCUT2D eigenvalue weighted by molar-refractivity contribution is 6.34. The normalized spacial score (nSPS) is 19.3. The molecule has 1 atom stereocenters. The minimum atomic E-state index is -0.396. The number of hydrogen-bond donors (Lipinski definition) is 0. The first kappa shape index (κ1) is 20.7. The first-order chi connectivity index (χ1) is 14.4. The number of rotatable bonds is 3. The van der Waals surface area contributed by atoms with E-state index in [1.54, 1.807) is 57.2 Å². The van der Waals surface area contributed by atoms with Crippen LogP contribution in [0, 0.1) is 5.92 Å². The number of benzene rings is 2. The van der Waals surface area contributed by atoms with Gasteiger partial charge in [0.2, 0.25) is 11.8 Å². The molecule has 2 heterocycles. The summed E-state index contributed by atoms with van der Waals surface area (Å²) in [5, 5.41) is 1.08. The van der Waals surface area contributed by atoms with Crippen molar-refractivity contribution in [2.75, 3.05) is 37.6 Å². The maximum absolute atomic E-state index is 13.0. The Morgan fingerprint density at radius 2 is 1.50 bits per heavy atom. The van der Waals surface area contributed by atoms with E-state index in [0.717, 1.165) is 0 Å². The lowest BCUT2D eigenvalue weighted by Crippen LogP contribution is -2.52. The molecule has 3 amide bonds. The van der Waals surface area contributed by atoms with Crippen LogP contribution in [-0.4, -0.2) is 60.2 Å². The van der Waals surface area contributed by atoms with Gasteiger partial charge in [-0.15, -0.1) is 0 Å². The quantitative estimate of drug-likeness (QED) is 0.727. The number of anilines is 1. The van der Waals surface area contributed by atoms with Gasteiger partial charge in [0, 0.05) is 49.7 Å². The Hall–Kier alpha value is -2.57. The van der Waals surface area contributed by atoms with Crippen LogP contribution < -0.4 is 4.90 Å². The van der Waals surface area contributed by atoms with E-state index in [1.807, 2.05) is 6.07 Å². The lowest BCUT2D eigenvalue weighted by atomic mass is 10.1. The molecule has 0 saturated carbocycles. The molecule has 2 aliphatic heterocycles. The minimum absolute atomic E-state index is 0.0449. The molecular weight excluding hydrogens is 425 g/mol. The van der Waals surface area contributed by atoms with Crippen molar-refractivity contribution < 1.29 is 14.4 Å². The molecule has 4 rings (SSSR count). The number of nitrogens with zero attached hydrogens (tertiary/aromatic N) is 3. The standard InChI is InChI=1S/C22H21Cl2N3O3/c23-17-7-5-15(6-8-17)21(29)25-9-11-26(12-10-25)22(30)16-13-20(28)27(14-16)19-4-2-1-3-18(19)24/h1-8,16H,9-14H2. The summed E-state index contributed by atoms with van der Waals surface area (Å²) in [6, 6.07) is 13.9. The fourth-order valence-electron chi connectivity index (χ4n) is 3.94. The van der Waals surface area contributed by atoms with Gasteiger partial charge in [-0.1, -0.05) is 35.3 Å². The number of carbonyl (C=O) groups is 3. The van der Waals surface area contributed by atoms with E-state index in [1.165, 1.54) is 0 Å². The van der Waals surface area contributed by atoms with Crippen LogP contribution in [0.5, 0.6) is 0 Å². The molecule has 0 aliphatic carbocycles. The number of piperazine rings is 1. The average molecular weight is 446 g/mol. The van der Waals surface area contributed by atoms with Crippen molar-refractivity contribution in [1.82, 2.24) is 9.80 Å². The zero-order valence-electron chi connectivity index (χ0n) is 16.3. The summed E-state index contributed by atoms with van der Waals surface area (Å²) >= 11 is 12.1. The molecule has 2 aromatic rings. The van der Waals surface area contributed by atoms with E-state index in [9.17, 15) is 14.4 Å². The van der Waals surface area contributed by atoms with E-state index < -0.39 is 5.92 Å².